The van der Waals surface area contributed by atoms with Crippen molar-refractivity contribution in [2.75, 3.05) is 12.6 Å². The molecular formula is C3H7N2NaO5S. The summed E-state index contributed by atoms with van der Waals surface area (Å²) < 4.78 is 28.0. The van der Waals surface area contributed by atoms with E-state index in [4.69, 9.17) is 9.66 Å². The van der Waals surface area contributed by atoms with E-state index in [1.807, 2.05) is 0 Å². The first kappa shape index (κ1) is 14.7. The zero-order valence-corrected chi connectivity index (χ0v) is 9.21. The van der Waals surface area contributed by atoms with Gasteiger partial charge in [-0.25, -0.2) is 0 Å². The van der Waals surface area contributed by atoms with E-state index in [1.165, 1.54) is 0 Å². The molecule has 0 radical (unpaired) electrons. The van der Waals surface area contributed by atoms with Gasteiger partial charge in [0, 0.05) is 0 Å². The molecule has 0 aromatic heterocycles. The minimum Gasteiger partial charge on any atom is -0.846 e. The van der Waals surface area contributed by atoms with Crippen LogP contribution in [0.3, 0.4) is 0 Å². The van der Waals surface area contributed by atoms with Gasteiger partial charge in [-0.1, -0.05) is 0 Å². The predicted molar refractivity (Wildman–Crippen MR) is 34.1 cm³/mol. The number of aliphatic hydroxyl groups excluding tert-OH is 1. The third-order valence-electron chi connectivity index (χ3n) is 0.602. The molecule has 0 aromatic rings. The Hall–Kier alpha value is 0.140. The van der Waals surface area contributed by atoms with E-state index < -0.39 is 28.7 Å². The molecule has 66 valence electrons. The van der Waals surface area contributed by atoms with Crippen molar-refractivity contribution in [1.82, 2.24) is 5.32 Å². The van der Waals surface area contributed by atoms with Crippen LogP contribution < -0.4 is 40.0 Å². The molecule has 0 bridgehead atoms. The number of aliphatic hydroxyl groups is 1. The SMILES string of the molecule is O=S(=O)(O)CN=C([O-])NCO.[Na+]. The topological polar surface area (TPSA) is 122 Å². The van der Waals surface area contributed by atoms with Crippen molar-refractivity contribution in [3.05, 3.63) is 0 Å². The fourth-order valence-corrected chi connectivity index (χ4v) is 0.544. The molecule has 0 aliphatic heterocycles. The van der Waals surface area contributed by atoms with Crippen LogP contribution in [0.15, 0.2) is 4.99 Å². The van der Waals surface area contributed by atoms with Gasteiger partial charge < -0.3 is 15.5 Å². The minimum atomic E-state index is -4.25. The second kappa shape index (κ2) is 6.63. The molecule has 0 heterocycles. The van der Waals surface area contributed by atoms with Crippen LogP contribution >= 0.6 is 0 Å². The van der Waals surface area contributed by atoms with Crippen LogP contribution in [-0.2, 0) is 10.1 Å². The summed E-state index contributed by atoms with van der Waals surface area (Å²) in [7, 11) is -4.25. The summed E-state index contributed by atoms with van der Waals surface area (Å²) >= 11 is 0. The van der Waals surface area contributed by atoms with Crippen LogP contribution in [0.1, 0.15) is 0 Å². The smallest absolute Gasteiger partial charge is 0.846 e. The van der Waals surface area contributed by atoms with E-state index in [-0.39, 0.29) is 29.6 Å². The third-order valence-corrected chi connectivity index (χ3v) is 1.06. The van der Waals surface area contributed by atoms with Gasteiger partial charge in [0.15, 0.2) is 5.88 Å². The van der Waals surface area contributed by atoms with Gasteiger partial charge in [0.25, 0.3) is 10.1 Å². The van der Waals surface area contributed by atoms with Crippen LogP contribution in [-0.4, -0.2) is 36.7 Å². The largest absolute Gasteiger partial charge is 1.00 e. The standard InChI is InChI=1S/C3H8N2O5S.Na/c6-1-4-3(7)5-2-11(8,9)10;/h6H,1-2H2,(H2,4,5,7)(H,8,9,10);/q;+1/p-1. The maximum Gasteiger partial charge on any atom is 1.00 e. The van der Waals surface area contributed by atoms with Gasteiger partial charge in [0.05, 0.1) is 6.02 Å². The minimum absolute atomic E-state index is 0. The van der Waals surface area contributed by atoms with Crippen LogP contribution in [0.2, 0.25) is 0 Å². The second-order valence-corrected chi connectivity index (χ2v) is 2.93. The Morgan fingerprint density at radius 2 is 2.08 bits per heavy atom. The van der Waals surface area contributed by atoms with Crippen LogP contribution in [0.4, 0.5) is 0 Å². The molecule has 9 heteroatoms. The van der Waals surface area contributed by atoms with Crippen molar-refractivity contribution < 1.29 is 52.7 Å². The molecule has 0 atom stereocenters. The number of nitrogens with zero attached hydrogens (tertiary/aromatic N) is 1. The molecule has 3 N–H and O–H groups in total. The number of hydrogen-bond donors (Lipinski definition) is 3. The van der Waals surface area contributed by atoms with Gasteiger partial charge in [-0.3, -0.25) is 9.55 Å². The maximum atomic E-state index is 10.3. The molecule has 0 spiro atoms. The fourth-order valence-electron chi connectivity index (χ4n) is 0.264. The van der Waals surface area contributed by atoms with Crippen molar-refractivity contribution in [3.8, 4) is 0 Å². The zero-order chi connectivity index (χ0) is 8.91. The van der Waals surface area contributed by atoms with E-state index in [0.29, 0.717) is 0 Å². The molecule has 0 saturated carbocycles. The first-order valence-electron chi connectivity index (χ1n) is 2.47. The first-order chi connectivity index (χ1) is 4.95. The van der Waals surface area contributed by atoms with Gasteiger partial charge in [0.2, 0.25) is 0 Å². The molecule has 7 nitrogen and oxygen atoms in total. The second-order valence-electron chi connectivity index (χ2n) is 1.51. The summed E-state index contributed by atoms with van der Waals surface area (Å²) in [5.74, 6) is -1.00. The first-order valence-corrected chi connectivity index (χ1v) is 4.08. The monoisotopic (exact) mass is 206 g/mol. The van der Waals surface area contributed by atoms with Crippen molar-refractivity contribution in [1.29, 1.82) is 0 Å². The van der Waals surface area contributed by atoms with Crippen LogP contribution in [0.25, 0.3) is 0 Å². The summed E-state index contributed by atoms with van der Waals surface area (Å²) in [6, 6.07) is -0.995. The molecule has 0 aliphatic carbocycles. The van der Waals surface area contributed by atoms with Crippen LogP contribution in [0.5, 0.6) is 0 Å². The summed E-state index contributed by atoms with van der Waals surface area (Å²) in [4.78, 5) is 2.84. The van der Waals surface area contributed by atoms with E-state index in [9.17, 15) is 13.5 Å². The van der Waals surface area contributed by atoms with E-state index in [0.717, 1.165) is 0 Å². The number of rotatable bonds is 3. The molecule has 0 aliphatic rings. The fraction of sp³-hybridized carbons (Fsp3) is 0.667. The Kier molecular flexibility index (Phi) is 8.10. The van der Waals surface area contributed by atoms with Gasteiger partial charge in [-0.2, -0.15) is 8.42 Å². The number of hydrogen-bond acceptors (Lipinski definition) is 5. The summed E-state index contributed by atoms with van der Waals surface area (Å²) in [6.07, 6.45) is 0. The van der Waals surface area contributed by atoms with Crippen LogP contribution in [0, 0.1) is 0 Å². The Balaban J connectivity index is 0. The van der Waals surface area contributed by atoms with Gasteiger partial charge in [-0.15, -0.1) is 0 Å². The van der Waals surface area contributed by atoms with Crippen molar-refractivity contribution >= 4 is 16.1 Å². The average Bonchev–Trinajstić information content (AvgIpc) is 1.83. The molecule has 0 amide bonds. The Morgan fingerprint density at radius 1 is 1.58 bits per heavy atom. The van der Waals surface area contributed by atoms with Gasteiger partial charge in [-0.05, 0) is 0 Å². The van der Waals surface area contributed by atoms with Gasteiger partial charge in [0.1, 0.15) is 6.73 Å². The molecule has 0 fully saturated rings. The van der Waals surface area contributed by atoms with Crippen molar-refractivity contribution in [2.45, 2.75) is 0 Å². The van der Waals surface area contributed by atoms with E-state index in [2.05, 4.69) is 4.99 Å². The molecule has 0 aromatic carbocycles. The summed E-state index contributed by atoms with van der Waals surface area (Å²) in [5, 5.41) is 20.1. The zero-order valence-electron chi connectivity index (χ0n) is 6.39. The Bertz CT molecular complexity index is 237. The molecule has 0 unspecified atom stereocenters. The Morgan fingerprint density at radius 3 is 2.42 bits per heavy atom. The number of amidine groups is 1. The van der Waals surface area contributed by atoms with E-state index >= 15 is 0 Å². The number of nitrogens with one attached hydrogen (secondary N) is 1. The Labute approximate surface area is 91.5 Å². The summed E-state index contributed by atoms with van der Waals surface area (Å²) in [5.41, 5.74) is 0. The maximum absolute atomic E-state index is 10.3. The van der Waals surface area contributed by atoms with Crippen molar-refractivity contribution in [3.63, 3.8) is 0 Å². The quantitative estimate of drug-likeness (QED) is 0.139. The molecule has 0 rings (SSSR count). The predicted octanol–water partition coefficient (Wildman–Crippen LogP) is -5.91. The number of aliphatic imine (C=N–C) groups is 1. The van der Waals surface area contributed by atoms with Gasteiger partial charge >= 0.3 is 29.6 Å². The average molecular weight is 206 g/mol. The molecule has 0 saturated heterocycles. The van der Waals surface area contributed by atoms with Crippen molar-refractivity contribution in [2.24, 2.45) is 4.99 Å². The molecule has 12 heavy (non-hydrogen) atoms. The summed E-state index contributed by atoms with van der Waals surface area (Å²) in [6.45, 7) is -0.631. The normalized spacial score (nSPS) is 12.0. The van der Waals surface area contributed by atoms with E-state index in [1.54, 1.807) is 5.32 Å². The molecular weight excluding hydrogens is 199 g/mol. The third kappa shape index (κ3) is 10.1.